The summed E-state index contributed by atoms with van der Waals surface area (Å²) in [6.07, 6.45) is 0. The predicted octanol–water partition coefficient (Wildman–Crippen LogP) is 4.15. The summed E-state index contributed by atoms with van der Waals surface area (Å²) in [5.74, 6) is 1.01. The van der Waals surface area contributed by atoms with E-state index in [0.717, 1.165) is 37.7 Å². The van der Waals surface area contributed by atoms with Crippen molar-refractivity contribution < 1.29 is 0 Å². The fourth-order valence-electron chi connectivity index (χ4n) is 4.01. The van der Waals surface area contributed by atoms with Crippen LogP contribution in [-0.4, -0.2) is 48.1 Å². The second-order valence-electron chi connectivity index (χ2n) is 7.37. The highest BCUT2D eigenvalue weighted by atomic mass is 15.6. The van der Waals surface area contributed by atoms with Gasteiger partial charge < -0.3 is 0 Å². The minimum atomic E-state index is 0.298. The van der Waals surface area contributed by atoms with Crippen molar-refractivity contribution in [1.82, 2.24) is 14.9 Å². The summed E-state index contributed by atoms with van der Waals surface area (Å²) in [4.78, 5) is 7.26. The molecule has 4 heteroatoms. The summed E-state index contributed by atoms with van der Waals surface area (Å²) in [5.41, 5.74) is 3.77. The fraction of sp³-hybridized carbons (Fsp3) is 0.292. The Kier molecular flexibility index (Phi) is 5.70. The van der Waals surface area contributed by atoms with Gasteiger partial charge in [-0.3, -0.25) is 9.91 Å². The van der Waals surface area contributed by atoms with Gasteiger partial charge in [0.05, 0.1) is 6.04 Å². The number of pyridine rings is 1. The molecule has 0 amide bonds. The predicted molar refractivity (Wildman–Crippen MR) is 115 cm³/mol. The summed E-state index contributed by atoms with van der Waals surface area (Å²) in [6, 6.07) is 28.2. The van der Waals surface area contributed by atoms with Gasteiger partial charge in [-0.2, -0.15) is 0 Å². The topological polar surface area (TPSA) is 22.6 Å². The summed E-state index contributed by atoms with van der Waals surface area (Å²) in [7, 11) is 2.11. The number of rotatable bonds is 5. The largest absolute Gasteiger partial charge is 0.293 e. The van der Waals surface area contributed by atoms with Crippen molar-refractivity contribution in [1.29, 1.82) is 0 Å². The van der Waals surface area contributed by atoms with Crippen molar-refractivity contribution >= 4 is 5.82 Å². The van der Waals surface area contributed by atoms with Gasteiger partial charge in [0, 0.05) is 38.9 Å². The number of nitrogens with zero attached hydrogens (tertiary/aromatic N) is 4. The first-order valence-electron chi connectivity index (χ1n) is 9.98. The normalized spacial score (nSPS) is 15.7. The van der Waals surface area contributed by atoms with Gasteiger partial charge in [-0.25, -0.2) is 9.99 Å². The number of benzene rings is 2. The zero-order valence-electron chi connectivity index (χ0n) is 16.7. The van der Waals surface area contributed by atoms with Crippen molar-refractivity contribution in [3.63, 3.8) is 0 Å². The molecule has 4 rings (SSSR count). The molecule has 1 aliphatic rings. The highest BCUT2D eigenvalue weighted by molar-refractivity contribution is 5.37. The molecule has 28 heavy (non-hydrogen) atoms. The van der Waals surface area contributed by atoms with E-state index in [0.29, 0.717) is 6.04 Å². The van der Waals surface area contributed by atoms with Gasteiger partial charge in [0.1, 0.15) is 5.82 Å². The van der Waals surface area contributed by atoms with E-state index in [9.17, 15) is 0 Å². The van der Waals surface area contributed by atoms with Crippen LogP contribution < -0.4 is 5.01 Å². The molecule has 0 radical (unpaired) electrons. The quantitative estimate of drug-likeness (QED) is 0.671. The number of hydrazine groups is 1. The van der Waals surface area contributed by atoms with Crippen LogP contribution >= 0.6 is 0 Å². The van der Waals surface area contributed by atoms with E-state index < -0.39 is 0 Å². The van der Waals surface area contributed by atoms with E-state index in [1.807, 2.05) is 13.0 Å². The number of hydrogen-bond donors (Lipinski definition) is 0. The van der Waals surface area contributed by atoms with Gasteiger partial charge in [-0.1, -0.05) is 66.7 Å². The van der Waals surface area contributed by atoms with E-state index in [4.69, 9.17) is 0 Å². The average Bonchev–Trinajstić information content (AvgIpc) is 2.75. The van der Waals surface area contributed by atoms with Crippen molar-refractivity contribution in [2.24, 2.45) is 0 Å². The minimum absolute atomic E-state index is 0.298. The van der Waals surface area contributed by atoms with Crippen LogP contribution in [0.25, 0.3) is 0 Å². The number of anilines is 1. The van der Waals surface area contributed by atoms with Crippen molar-refractivity contribution in [2.45, 2.75) is 13.0 Å². The molecule has 144 valence electrons. The first-order chi connectivity index (χ1) is 13.7. The summed E-state index contributed by atoms with van der Waals surface area (Å²) in [6.45, 7) is 6.05. The smallest absolute Gasteiger partial charge is 0.142 e. The van der Waals surface area contributed by atoms with Crippen molar-refractivity contribution in [2.75, 3.05) is 38.2 Å². The van der Waals surface area contributed by atoms with Crippen molar-refractivity contribution in [3.8, 4) is 0 Å². The van der Waals surface area contributed by atoms with Gasteiger partial charge in [0.25, 0.3) is 0 Å². The molecule has 4 nitrogen and oxygen atoms in total. The summed E-state index contributed by atoms with van der Waals surface area (Å²) < 4.78 is 0. The van der Waals surface area contributed by atoms with Crippen LogP contribution in [0.15, 0.2) is 78.9 Å². The first kappa shape index (κ1) is 18.7. The van der Waals surface area contributed by atoms with E-state index in [1.54, 1.807) is 0 Å². The maximum Gasteiger partial charge on any atom is 0.142 e. The lowest BCUT2D eigenvalue weighted by atomic mass is 9.96. The maximum atomic E-state index is 4.67. The molecule has 2 heterocycles. The molecular weight excluding hydrogens is 344 g/mol. The Hall–Kier alpha value is -2.69. The third kappa shape index (κ3) is 4.08. The zero-order valence-corrected chi connectivity index (χ0v) is 16.7. The standard InChI is InChI=1S/C24H28N4/c1-20-10-9-15-23(25-20)26(2)28-18-16-27(17-19-28)24(21-11-5-3-6-12-21)22-13-7-4-8-14-22/h3-15,24H,16-19H2,1-2H3. The Balaban J connectivity index is 1.50. The molecule has 0 bridgehead atoms. The Bertz CT molecular complexity index is 834. The molecule has 1 aliphatic heterocycles. The minimum Gasteiger partial charge on any atom is -0.293 e. The molecule has 0 unspecified atom stereocenters. The van der Waals surface area contributed by atoms with Gasteiger partial charge in [0.15, 0.2) is 0 Å². The van der Waals surface area contributed by atoms with E-state index in [-0.39, 0.29) is 0 Å². The maximum absolute atomic E-state index is 4.67. The van der Waals surface area contributed by atoms with Crippen LogP contribution in [0.2, 0.25) is 0 Å². The Labute approximate surface area is 168 Å². The van der Waals surface area contributed by atoms with Gasteiger partial charge in [0.2, 0.25) is 0 Å². The van der Waals surface area contributed by atoms with Gasteiger partial charge in [-0.05, 0) is 30.2 Å². The van der Waals surface area contributed by atoms with Crippen LogP contribution in [0.3, 0.4) is 0 Å². The third-order valence-corrected chi connectivity index (χ3v) is 5.52. The first-order valence-corrected chi connectivity index (χ1v) is 9.98. The Morgan fingerprint density at radius 3 is 1.86 bits per heavy atom. The number of aryl methyl sites for hydroxylation is 1. The summed E-state index contributed by atoms with van der Waals surface area (Å²) >= 11 is 0. The molecule has 0 atom stereocenters. The van der Waals surface area contributed by atoms with Crippen LogP contribution in [-0.2, 0) is 0 Å². The zero-order chi connectivity index (χ0) is 19.3. The van der Waals surface area contributed by atoms with Crippen LogP contribution in [0.1, 0.15) is 22.9 Å². The van der Waals surface area contributed by atoms with Gasteiger partial charge in [-0.15, -0.1) is 0 Å². The number of aromatic nitrogens is 1. The molecule has 2 aromatic carbocycles. The molecule has 0 aliphatic carbocycles. The molecule has 0 spiro atoms. The molecule has 3 aromatic rings. The molecular formula is C24H28N4. The molecule has 1 fully saturated rings. The SMILES string of the molecule is Cc1cccc(N(C)N2CCN(C(c3ccccc3)c3ccccc3)CC2)n1. The lowest BCUT2D eigenvalue weighted by Gasteiger charge is -2.43. The Morgan fingerprint density at radius 2 is 1.32 bits per heavy atom. The van der Waals surface area contributed by atoms with Gasteiger partial charge >= 0.3 is 0 Å². The summed E-state index contributed by atoms with van der Waals surface area (Å²) in [5, 5.41) is 4.59. The molecule has 1 saturated heterocycles. The average molecular weight is 373 g/mol. The second-order valence-corrected chi connectivity index (χ2v) is 7.37. The van der Waals surface area contributed by atoms with Crippen LogP contribution in [0, 0.1) is 6.92 Å². The molecule has 0 N–H and O–H groups in total. The second kappa shape index (κ2) is 8.55. The fourth-order valence-corrected chi connectivity index (χ4v) is 4.01. The number of piperazine rings is 1. The third-order valence-electron chi connectivity index (χ3n) is 5.52. The molecule has 0 saturated carbocycles. The Morgan fingerprint density at radius 1 is 0.750 bits per heavy atom. The lowest BCUT2D eigenvalue weighted by Crippen LogP contribution is -2.53. The van der Waals surface area contributed by atoms with Crippen molar-refractivity contribution in [3.05, 3.63) is 95.7 Å². The van der Waals surface area contributed by atoms with E-state index in [2.05, 4.69) is 99.7 Å². The monoisotopic (exact) mass is 372 g/mol. The lowest BCUT2D eigenvalue weighted by molar-refractivity contribution is 0.104. The van der Waals surface area contributed by atoms with Crippen LogP contribution in [0.4, 0.5) is 5.82 Å². The van der Waals surface area contributed by atoms with E-state index in [1.165, 1.54) is 11.1 Å². The number of hydrogen-bond acceptors (Lipinski definition) is 4. The van der Waals surface area contributed by atoms with Crippen LogP contribution in [0.5, 0.6) is 0 Å². The highest BCUT2D eigenvalue weighted by Crippen LogP contribution is 2.29. The highest BCUT2D eigenvalue weighted by Gasteiger charge is 2.27. The van der Waals surface area contributed by atoms with E-state index >= 15 is 0 Å². The molecule has 1 aromatic heterocycles.